The number of aryl methyl sites for hydroxylation is 1. The number of halogens is 5. The van der Waals surface area contributed by atoms with Crippen LogP contribution in [-0.4, -0.2) is 38.3 Å². The van der Waals surface area contributed by atoms with E-state index in [1.54, 1.807) is 11.8 Å². The molecule has 3 aromatic rings. The Morgan fingerprint density at radius 1 is 1.18 bits per heavy atom. The Bertz CT molecular complexity index is 1270. The molecule has 11 heteroatoms. The number of hydrogen-bond donors (Lipinski definition) is 1. The van der Waals surface area contributed by atoms with Gasteiger partial charge in [-0.15, -0.1) is 0 Å². The summed E-state index contributed by atoms with van der Waals surface area (Å²) in [6, 6.07) is 6.18. The first-order valence-electron chi connectivity index (χ1n) is 10.9. The normalized spacial score (nSPS) is 17.1. The number of alkyl halides is 3. The summed E-state index contributed by atoms with van der Waals surface area (Å²) in [6.07, 6.45) is -5.48. The molecule has 1 saturated carbocycles. The maximum absolute atomic E-state index is 14.4. The summed E-state index contributed by atoms with van der Waals surface area (Å²) in [5.41, 5.74) is -1.40. The largest absolute Gasteiger partial charge is 0.464 e. The second-order valence-corrected chi connectivity index (χ2v) is 8.67. The van der Waals surface area contributed by atoms with E-state index in [0.29, 0.717) is 23.6 Å². The molecule has 1 aromatic carbocycles. The summed E-state index contributed by atoms with van der Waals surface area (Å²) in [6.45, 7) is 2.45. The molecule has 180 valence electrons. The van der Waals surface area contributed by atoms with Crippen LogP contribution >= 0.6 is 0 Å². The lowest BCUT2D eigenvalue weighted by molar-refractivity contribution is -0.162. The molecule has 0 radical (unpaired) electrons. The minimum absolute atomic E-state index is 0.0187. The van der Waals surface area contributed by atoms with E-state index in [9.17, 15) is 31.9 Å². The zero-order valence-corrected chi connectivity index (χ0v) is 18.2. The zero-order chi connectivity index (χ0) is 24.4. The summed E-state index contributed by atoms with van der Waals surface area (Å²) in [4.78, 5) is 13.7. The molecule has 3 heterocycles. The van der Waals surface area contributed by atoms with E-state index in [4.69, 9.17) is 0 Å². The zero-order valence-electron chi connectivity index (χ0n) is 18.2. The van der Waals surface area contributed by atoms with Gasteiger partial charge in [0.2, 0.25) is 0 Å². The molecule has 0 spiro atoms. The van der Waals surface area contributed by atoms with Gasteiger partial charge >= 0.3 is 12.3 Å². The number of fused-ring (bicyclic) bond motifs is 1. The fourth-order valence-electron chi connectivity index (χ4n) is 4.87. The molecule has 1 aliphatic heterocycles. The Kier molecular flexibility index (Phi) is 4.99. The van der Waals surface area contributed by atoms with Crippen LogP contribution in [0.4, 0.5) is 32.6 Å². The van der Waals surface area contributed by atoms with Gasteiger partial charge in [0.1, 0.15) is 17.0 Å². The molecule has 1 aliphatic carbocycles. The number of carboxylic acid groups (broad SMARTS) is 1. The summed E-state index contributed by atoms with van der Waals surface area (Å²) in [5.74, 6) is -1.41. The van der Waals surface area contributed by atoms with Crippen molar-refractivity contribution in [2.75, 3.05) is 11.4 Å². The average Bonchev–Trinajstić information content (AvgIpc) is 3.34. The van der Waals surface area contributed by atoms with Crippen molar-refractivity contribution in [3.05, 3.63) is 58.9 Å². The summed E-state index contributed by atoms with van der Waals surface area (Å²) >= 11 is 0. The lowest BCUT2D eigenvalue weighted by Crippen LogP contribution is -2.32. The Morgan fingerprint density at radius 2 is 1.85 bits per heavy atom. The number of nitrogens with zero attached hydrogens (tertiary/aromatic N) is 4. The van der Waals surface area contributed by atoms with Gasteiger partial charge in [-0.05, 0) is 43.5 Å². The first-order chi connectivity index (χ1) is 16.1. The number of rotatable bonds is 4. The highest BCUT2D eigenvalue weighted by Crippen LogP contribution is 2.59. The minimum atomic E-state index is -4.37. The van der Waals surface area contributed by atoms with Crippen LogP contribution in [0.3, 0.4) is 0 Å². The Balaban J connectivity index is 1.53. The lowest BCUT2D eigenvalue weighted by Gasteiger charge is -2.27. The summed E-state index contributed by atoms with van der Waals surface area (Å²) < 4.78 is 72.3. The Hall–Kier alpha value is -3.37. The quantitative estimate of drug-likeness (QED) is 0.513. The van der Waals surface area contributed by atoms with Gasteiger partial charge in [0, 0.05) is 37.8 Å². The van der Waals surface area contributed by atoms with Crippen molar-refractivity contribution >= 4 is 11.9 Å². The molecule has 0 unspecified atom stereocenters. The van der Waals surface area contributed by atoms with Gasteiger partial charge in [0.05, 0.1) is 17.0 Å². The van der Waals surface area contributed by atoms with Gasteiger partial charge in [0.25, 0.3) is 0 Å². The van der Waals surface area contributed by atoms with E-state index in [-0.39, 0.29) is 43.7 Å². The molecule has 5 rings (SSSR count). The van der Waals surface area contributed by atoms with Crippen LogP contribution in [-0.2, 0) is 24.9 Å². The first kappa shape index (κ1) is 22.4. The standard InChI is InChI=1S/C23H21F5N4O2/c1-2-31-18(22(7-8-22)23(26,27)28)11-19(29-31)30-9-6-16-13(12-30)10-17(32(16)21(33)34)20-14(24)4-3-5-15(20)25/h3-5,10-11H,2,6-9,12H2,1H3,(H,33,34). The van der Waals surface area contributed by atoms with Crippen molar-refractivity contribution in [2.24, 2.45) is 0 Å². The summed E-state index contributed by atoms with van der Waals surface area (Å²) in [7, 11) is 0. The molecule has 2 aromatic heterocycles. The van der Waals surface area contributed by atoms with E-state index in [2.05, 4.69) is 5.10 Å². The van der Waals surface area contributed by atoms with Crippen LogP contribution in [0, 0.1) is 11.6 Å². The number of carbonyl (C=O) groups is 1. The van der Waals surface area contributed by atoms with Crippen LogP contribution in [0.5, 0.6) is 0 Å². The van der Waals surface area contributed by atoms with Gasteiger partial charge in [-0.25, -0.2) is 18.1 Å². The third-order valence-electron chi connectivity index (χ3n) is 6.76. The van der Waals surface area contributed by atoms with Crippen molar-refractivity contribution in [1.82, 2.24) is 14.3 Å². The highest BCUT2D eigenvalue weighted by molar-refractivity contribution is 5.80. The van der Waals surface area contributed by atoms with Crippen LogP contribution in [0.15, 0.2) is 30.3 Å². The lowest BCUT2D eigenvalue weighted by atomic mass is 10.0. The molecule has 0 bridgehead atoms. The van der Waals surface area contributed by atoms with Crippen molar-refractivity contribution < 1.29 is 31.9 Å². The fraction of sp³-hybridized carbons (Fsp3) is 0.391. The monoisotopic (exact) mass is 480 g/mol. The molecule has 1 N–H and O–H groups in total. The SMILES string of the molecule is CCn1nc(N2CCc3c(cc(-c4c(F)cccc4F)n3C(=O)O)C2)cc1C1(C(F)(F)F)CC1. The van der Waals surface area contributed by atoms with Crippen molar-refractivity contribution in [3.63, 3.8) is 0 Å². The second-order valence-electron chi connectivity index (χ2n) is 8.67. The van der Waals surface area contributed by atoms with E-state index in [1.807, 2.05) is 0 Å². The molecule has 0 amide bonds. The van der Waals surface area contributed by atoms with Gasteiger partial charge in [-0.2, -0.15) is 18.3 Å². The number of anilines is 1. The van der Waals surface area contributed by atoms with Crippen molar-refractivity contribution in [2.45, 2.75) is 50.9 Å². The van der Waals surface area contributed by atoms with Crippen LogP contribution in [0.25, 0.3) is 11.3 Å². The van der Waals surface area contributed by atoms with E-state index < -0.39 is 34.9 Å². The number of aromatic nitrogens is 3. The molecule has 0 saturated heterocycles. The highest BCUT2D eigenvalue weighted by atomic mass is 19.4. The van der Waals surface area contributed by atoms with Crippen LogP contribution < -0.4 is 4.90 Å². The molecule has 6 nitrogen and oxygen atoms in total. The van der Waals surface area contributed by atoms with E-state index >= 15 is 0 Å². The number of hydrogen-bond acceptors (Lipinski definition) is 3. The van der Waals surface area contributed by atoms with Gasteiger partial charge < -0.3 is 10.0 Å². The Morgan fingerprint density at radius 3 is 2.41 bits per heavy atom. The van der Waals surface area contributed by atoms with Crippen LogP contribution in [0.1, 0.15) is 36.7 Å². The minimum Gasteiger partial charge on any atom is -0.464 e. The molecular formula is C23H21F5N4O2. The first-order valence-corrected chi connectivity index (χ1v) is 10.9. The highest BCUT2D eigenvalue weighted by Gasteiger charge is 2.66. The molecule has 1 fully saturated rings. The predicted octanol–water partition coefficient (Wildman–Crippen LogP) is 5.33. The molecule has 2 aliphatic rings. The fourth-order valence-corrected chi connectivity index (χ4v) is 4.87. The van der Waals surface area contributed by atoms with Gasteiger partial charge in [-0.3, -0.25) is 4.68 Å². The second kappa shape index (κ2) is 7.57. The van der Waals surface area contributed by atoms with Crippen molar-refractivity contribution in [1.29, 1.82) is 0 Å². The van der Waals surface area contributed by atoms with Crippen molar-refractivity contribution in [3.8, 4) is 11.3 Å². The van der Waals surface area contributed by atoms with Crippen LogP contribution in [0.2, 0.25) is 0 Å². The molecule has 34 heavy (non-hydrogen) atoms. The van der Waals surface area contributed by atoms with Gasteiger partial charge in [-0.1, -0.05) is 6.07 Å². The number of benzene rings is 1. The maximum Gasteiger partial charge on any atom is 0.416 e. The van der Waals surface area contributed by atoms with E-state index in [1.165, 1.54) is 22.9 Å². The average molecular weight is 480 g/mol. The molecule has 0 atom stereocenters. The van der Waals surface area contributed by atoms with E-state index in [0.717, 1.165) is 16.7 Å². The van der Waals surface area contributed by atoms with Gasteiger partial charge in [0.15, 0.2) is 5.82 Å². The third-order valence-corrected chi connectivity index (χ3v) is 6.76. The predicted molar refractivity (Wildman–Crippen MR) is 113 cm³/mol. The third kappa shape index (κ3) is 3.28. The molecular weight excluding hydrogens is 459 g/mol. The Labute approximate surface area is 191 Å². The summed E-state index contributed by atoms with van der Waals surface area (Å²) in [5, 5.41) is 14.2. The topological polar surface area (TPSA) is 63.3 Å². The smallest absolute Gasteiger partial charge is 0.416 e. The maximum atomic E-state index is 14.4.